The highest BCUT2D eigenvalue weighted by atomic mass is 35.5. The molecule has 0 aromatic heterocycles. The van der Waals surface area contributed by atoms with Crippen molar-refractivity contribution in [1.82, 2.24) is 9.80 Å². The fourth-order valence-corrected chi connectivity index (χ4v) is 5.18. The maximum atomic E-state index is 13.2. The molecule has 1 saturated heterocycles. The molecular formula is C30H34ClFN4O4S. The quantitative estimate of drug-likeness (QED) is 0.281. The van der Waals surface area contributed by atoms with Crippen LogP contribution in [0.25, 0.3) is 0 Å². The maximum absolute atomic E-state index is 13.2. The van der Waals surface area contributed by atoms with E-state index >= 15 is 0 Å². The van der Waals surface area contributed by atoms with Crippen LogP contribution in [0.3, 0.4) is 0 Å². The topological polar surface area (TPSA) is 91.0 Å². The number of halogens is 2. The number of sulfonamides is 1. The Balaban J connectivity index is 0.00000462. The number of nitrogens with one attached hydrogen (secondary N) is 2. The molecule has 41 heavy (non-hydrogen) atoms. The molecule has 0 bridgehead atoms. The van der Waals surface area contributed by atoms with Crippen LogP contribution in [-0.2, 0) is 16.6 Å². The Morgan fingerprint density at radius 1 is 1.00 bits per heavy atom. The third-order valence-electron chi connectivity index (χ3n) is 6.57. The normalized spacial score (nSPS) is 13.9. The van der Waals surface area contributed by atoms with E-state index in [-0.39, 0.29) is 30.3 Å². The Kier molecular flexibility index (Phi) is 11.4. The molecule has 0 atom stereocenters. The first-order chi connectivity index (χ1) is 19.2. The number of carbonyl (C=O) groups excluding carboxylic acids is 1. The third-order valence-corrected chi connectivity index (χ3v) is 7.18. The van der Waals surface area contributed by atoms with Gasteiger partial charge in [-0.25, -0.2) is 17.6 Å². The zero-order chi connectivity index (χ0) is 28.5. The van der Waals surface area contributed by atoms with Gasteiger partial charge in [-0.05, 0) is 79.1 Å². The van der Waals surface area contributed by atoms with Gasteiger partial charge in [-0.15, -0.1) is 24.8 Å². The molecule has 4 rings (SSSR count). The Hall–Kier alpha value is -3.78. The van der Waals surface area contributed by atoms with Gasteiger partial charge >= 0.3 is 6.03 Å². The monoisotopic (exact) mass is 600 g/mol. The molecular weight excluding hydrogens is 567 g/mol. The summed E-state index contributed by atoms with van der Waals surface area (Å²) in [6.45, 7) is 2.93. The highest BCUT2D eigenvalue weighted by Gasteiger charge is 2.28. The zero-order valence-corrected chi connectivity index (χ0v) is 24.4. The second kappa shape index (κ2) is 14.7. The standard InChI is InChI=1S/C30H33FN4O4S.ClH/c1-3-4-19-35(30(36)32-25-9-7-24(31)8-10-25)27-17-20-34(21-18-27)22-23-5-13-28(14-6-23)39-29-15-11-26(12-16-29)33-40(2,37)38;/h1,5-16,27,33H,4,17-22H2,2H3,(H,32,36);1H. The van der Waals surface area contributed by atoms with E-state index in [1.165, 1.54) is 12.1 Å². The Morgan fingerprint density at radius 3 is 2.12 bits per heavy atom. The van der Waals surface area contributed by atoms with Crippen LogP contribution in [0.15, 0.2) is 72.8 Å². The van der Waals surface area contributed by atoms with Gasteiger partial charge in [0, 0.05) is 50.0 Å². The summed E-state index contributed by atoms with van der Waals surface area (Å²) >= 11 is 0. The molecule has 2 amide bonds. The third kappa shape index (κ3) is 9.97. The number of urea groups is 1. The molecule has 0 radical (unpaired) electrons. The van der Waals surface area contributed by atoms with Crippen molar-refractivity contribution < 1.29 is 22.3 Å². The Bertz CT molecular complexity index is 1420. The molecule has 1 fully saturated rings. The average molecular weight is 601 g/mol. The van der Waals surface area contributed by atoms with E-state index in [9.17, 15) is 17.6 Å². The van der Waals surface area contributed by atoms with Crippen molar-refractivity contribution in [3.63, 3.8) is 0 Å². The molecule has 218 valence electrons. The molecule has 0 spiro atoms. The van der Waals surface area contributed by atoms with E-state index < -0.39 is 10.0 Å². The zero-order valence-electron chi connectivity index (χ0n) is 22.8. The van der Waals surface area contributed by atoms with Gasteiger partial charge in [0.15, 0.2) is 0 Å². The van der Waals surface area contributed by atoms with Crippen molar-refractivity contribution in [2.45, 2.75) is 31.8 Å². The largest absolute Gasteiger partial charge is 0.457 e. The number of anilines is 2. The van der Waals surface area contributed by atoms with Gasteiger partial charge in [-0.1, -0.05) is 12.1 Å². The minimum Gasteiger partial charge on any atom is -0.457 e. The van der Waals surface area contributed by atoms with Crippen LogP contribution >= 0.6 is 12.4 Å². The predicted octanol–water partition coefficient (Wildman–Crippen LogP) is 5.93. The lowest BCUT2D eigenvalue weighted by Gasteiger charge is -2.38. The number of likely N-dealkylation sites (tertiary alicyclic amines) is 1. The molecule has 0 saturated carbocycles. The number of nitrogens with zero attached hydrogens (tertiary/aromatic N) is 2. The second-order valence-corrected chi connectivity index (χ2v) is 11.5. The number of piperidine rings is 1. The van der Waals surface area contributed by atoms with Gasteiger partial charge in [0.2, 0.25) is 10.0 Å². The first-order valence-electron chi connectivity index (χ1n) is 13.0. The second-order valence-electron chi connectivity index (χ2n) is 9.74. The molecule has 8 nitrogen and oxygen atoms in total. The van der Waals surface area contributed by atoms with E-state index in [2.05, 4.69) is 20.9 Å². The summed E-state index contributed by atoms with van der Waals surface area (Å²) in [6, 6.07) is 20.1. The van der Waals surface area contributed by atoms with E-state index in [0.29, 0.717) is 35.8 Å². The molecule has 1 heterocycles. The number of hydrogen-bond acceptors (Lipinski definition) is 5. The number of rotatable bonds is 10. The lowest BCUT2D eigenvalue weighted by atomic mass is 10.0. The van der Waals surface area contributed by atoms with Crippen LogP contribution < -0.4 is 14.8 Å². The fourth-order valence-electron chi connectivity index (χ4n) is 4.61. The Morgan fingerprint density at radius 2 is 1.56 bits per heavy atom. The number of amides is 2. The summed E-state index contributed by atoms with van der Waals surface area (Å²) in [5.41, 5.74) is 2.17. The summed E-state index contributed by atoms with van der Waals surface area (Å²) in [5, 5.41) is 2.86. The summed E-state index contributed by atoms with van der Waals surface area (Å²) < 4.78 is 44.2. The summed E-state index contributed by atoms with van der Waals surface area (Å²) in [4.78, 5) is 17.2. The van der Waals surface area contributed by atoms with Gasteiger partial charge < -0.3 is 15.0 Å². The summed E-state index contributed by atoms with van der Waals surface area (Å²) in [6.07, 6.45) is 8.70. The highest BCUT2D eigenvalue weighted by molar-refractivity contribution is 7.92. The van der Waals surface area contributed by atoms with E-state index in [1.54, 1.807) is 41.3 Å². The summed E-state index contributed by atoms with van der Waals surface area (Å²) in [5.74, 6) is 3.55. The van der Waals surface area contributed by atoms with Crippen molar-refractivity contribution in [3.05, 3.63) is 84.2 Å². The lowest BCUT2D eigenvalue weighted by molar-refractivity contribution is 0.125. The van der Waals surface area contributed by atoms with Crippen LogP contribution in [0, 0.1) is 18.2 Å². The van der Waals surface area contributed by atoms with Crippen LogP contribution in [0.1, 0.15) is 24.8 Å². The number of carbonyl (C=O) groups is 1. The van der Waals surface area contributed by atoms with Gasteiger partial charge in [-0.3, -0.25) is 9.62 Å². The van der Waals surface area contributed by atoms with Gasteiger partial charge in [-0.2, -0.15) is 0 Å². The van der Waals surface area contributed by atoms with Gasteiger partial charge in [0.25, 0.3) is 0 Å². The highest BCUT2D eigenvalue weighted by Crippen LogP contribution is 2.25. The minimum atomic E-state index is -3.33. The first kappa shape index (κ1) is 31.7. The smallest absolute Gasteiger partial charge is 0.322 e. The van der Waals surface area contributed by atoms with Crippen LogP contribution in [-0.4, -0.2) is 56.2 Å². The van der Waals surface area contributed by atoms with E-state index in [0.717, 1.165) is 44.3 Å². The number of ether oxygens (including phenoxy) is 1. The van der Waals surface area contributed by atoms with Crippen LogP contribution in [0.2, 0.25) is 0 Å². The maximum Gasteiger partial charge on any atom is 0.322 e. The van der Waals surface area contributed by atoms with Crippen molar-refractivity contribution in [2.75, 3.05) is 35.9 Å². The predicted molar refractivity (Wildman–Crippen MR) is 163 cm³/mol. The minimum absolute atomic E-state index is 0. The van der Waals surface area contributed by atoms with Crippen LogP contribution in [0.4, 0.5) is 20.6 Å². The molecule has 3 aromatic carbocycles. The average Bonchev–Trinajstić information content (AvgIpc) is 2.92. The molecule has 11 heteroatoms. The molecule has 1 aliphatic heterocycles. The first-order valence-corrected chi connectivity index (χ1v) is 14.9. The van der Waals surface area contributed by atoms with Crippen molar-refractivity contribution in [3.8, 4) is 23.8 Å². The van der Waals surface area contributed by atoms with Crippen molar-refractivity contribution in [2.24, 2.45) is 0 Å². The molecule has 1 aliphatic rings. The van der Waals surface area contributed by atoms with E-state index in [4.69, 9.17) is 11.2 Å². The van der Waals surface area contributed by atoms with Crippen molar-refractivity contribution in [1.29, 1.82) is 0 Å². The number of hydrogen-bond donors (Lipinski definition) is 2. The molecule has 0 unspecified atom stereocenters. The molecule has 3 aromatic rings. The van der Waals surface area contributed by atoms with E-state index in [1.807, 2.05) is 24.3 Å². The summed E-state index contributed by atoms with van der Waals surface area (Å²) in [7, 11) is -3.33. The Labute approximate surface area is 247 Å². The molecule has 2 N–H and O–H groups in total. The van der Waals surface area contributed by atoms with Gasteiger partial charge in [0.1, 0.15) is 17.3 Å². The van der Waals surface area contributed by atoms with Crippen LogP contribution in [0.5, 0.6) is 11.5 Å². The number of benzene rings is 3. The SMILES string of the molecule is C#CCCN(C(=O)Nc1ccc(F)cc1)C1CCN(Cc2ccc(Oc3ccc(NS(C)(=O)=O)cc3)cc2)CC1.Cl. The molecule has 0 aliphatic carbocycles. The van der Waals surface area contributed by atoms with Crippen molar-refractivity contribution >= 4 is 39.8 Å². The lowest BCUT2D eigenvalue weighted by Crippen LogP contribution is -2.49. The van der Waals surface area contributed by atoms with Gasteiger partial charge in [0.05, 0.1) is 6.26 Å². The fraction of sp³-hybridized carbons (Fsp3) is 0.300. The number of terminal acetylenes is 1.